The molecule has 0 spiro atoms. The minimum Gasteiger partial charge on any atom is -0.340 e. The SMILES string of the molecule is CCCNCc1cnc(N(CC2CC2)CC2CC2)nc1. The topological polar surface area (TPSA) is 41.1 Å². The summed E-state index contributed by atoms with van der Waals surface area (Å²) >= 11 is 0. The van der Waals surface area contributed by atoms with Crippen LogP contribution < -0.4 is 10.2 Å². The maximum absolute atomic E-state index is 4.59. The molecule has 2 aliphatic rings. The van der Waals surface area contributed by atoms with Crippen molar-refractivity contribution >= 4 is 5.95 Å². The van der Waals surface area contributed by atoms with Gasteiger partial charge in [-0.2, -0.15) is 0 Å². The van der Waals surface area contributed by atoms with Crippen LogP contribution in [0.5, 0.6) is 0 Å². The molecule has 0 bridgehead atoms. The predicted octanol–water partition coefficient (Wildman–Crippen LogP) is 2.60. The van der Waals surface area contributed by atoms with Crippen LogP contribution in [-0.2, 0) is 6.54 Å². The van der Waals surface area contributed by atoms with Crippen LogP contribution in [0.2, 0.25) is 0 Å². The van der Waals surface area contributed by atoms with Crippen LogP contribution in [0.3, 0.4) is 0 Å². The zero-order valence-electron chi connectivity index (χ0n) is 12.5. The summed E-state index contributed by atoms with van der Waals surface area (Å²) in [6, 6.07) is 0. The molecule has 0 aliphatic heterocycles. The van der Waals surface area contributed by atoms with Crippen molar-refractivity contribution < 1.29 is 0 Å². The molecule has 1 aromatic rings. The molecule has 0 radical (unpaired) electrons. The summed E-state index contributed by atoms with van der Waals surface area (Å²) in [5.41, 5.74) is 1.18. The van der Waals surface area contributed by atoms with Gasteiger partial charge in [-0.25, -0.2) is 9.97 Å². The van der Waals surface area contributed by atoms with Gasteiger partial charge in [-0.3, -0.25) is 0 Å². The van der Waals surface area contributed by atoms with E-state index in [4.69, 9.17) is 0 Å². The van der Waals surface area contributed by atoms with Crippen molar-refractivity contribution in [3.63, 3.8) is 0 Å². The quantitative estimate of drug-likeness (QED) is 0.703. The molecule has 2 saturated carbocycles. The third-order valence-corrected chi connectivity index (χ3v) is 4.08. The lowest BCUT2D eigenvalue weighted by Gasteiger charge is -2.22. The number of hydrogen-bond donors (Lipinski definition) is 1. The lowest BCUT2D eigenvalue weighted by Crippen LogP contribution is -2.29. The maximum Gasteiger partial charge on any atom is 0.225 e. The van der Waals surface area contributed by atoms with Crippen LogP contribution in [0.4, 0.5) is 5.95 Å². The lowest BCUT2D eigenvalue weighted by atomic mass is 10.3. The Bertz CT molecular complexity index is 395. The molecule has 0 aromatic carbocycles. The number of hydrogen-bond acceptors (Lipinski definition) is 4. The first kappa shape index (κ1) is 13.8. The molecule has 110 valence electrons. The monoisotopic (exact) mass is 274 g/mol. The molecule has 1 heterocycles. The second kappa shape index (κ2) is 6.53. The third kappa shape index (κ3) is 4.17. The molecule has 2 fully saturated rings. The molecule has 2 aliphatic carbocycles. The average molecular weight is 274 g/mol. The summed E-state index contributed by atoms with van der Waals surface area (Å²) in [6.45, 7) is 6.42. The van der Waals surface area contributed by atoms with Gasteiger partial charge in [0.05, 0.1) is 0 Å². The van der Waals surface area contributed by atoms with Gasteiger partial charge in [-0.05, 0) is 50.5 Å². The molecule has 4 heteroatoms. The number of rotatable bonds is 9. The van der Waals surface area contributed by atoms with Gasteiger partial charge >= 0.3 is 0 Å². The summed E-state index contributed by atoms with van der Waals surface area (Å²) in [6.07, 6.45) is 10.7. The molecule has 0 unspecified atom stereocenters. The normalized spacial score (nSPS) is 18.2. The first-order valence-electron chi connectivity index (χ1n) is 8.11. The van der Waals surface area contributed by atoms with E-state index < -0.39 is 0 Å². The van der Waals surface area contributed by atoms with Gasteiger partial charge in [0, 0.05) is 37.6 Å². The first-order valence-corrected chi connectivity index (χ1v) is 8.11. The Kier molecular flexibility index (Phi) is 4.51. The van der Waals surface area contributed by atoms with E-state index >= 15 is 0 Å². The lowest BCUT2D eigenvalue weighted by molar-refractivity contribution is 0.654. The highest BCUT2D eigenvalue weighted by atomic mass is 15.3. The summed E-state index contributed by atoms with van der Waals surface area (Å²) < 4.78 is 0. The van der Waals surface area contributed by atoms with Gasteiger partial charge in [0.15, 0.2) is 0 Å². The summed E-state index contributed by atoms with van der Waals surface area (Å²) in [7, 11) is 0. The van der Waals surface area contributed by atoms with E-state index in [1.54, 1.807) is 0 Å². The zero-order chi connectivity index (χ0) is 13.8. The fraction of sp³-hybridized carbons (Fsp3) is 0.750. The fourth-order valence-electron chi connectivity index (χ4n) is 2.47. The molecule has 3 rings (SSSR count). The van der Waals surface area contributed by atoms with Gasteiger partial charge in [-0.15, -0.1) is 0 Å². The smallest absolute Gasteiger partial charge is 0.225 e. The van der Waals surface area contributed by atoms with Gasteiger partial charge in [0.2, 0.25) is 5.95 Å². The zero-order valence-corrected chi connectivity index (χ0v) is 12.5. The van der Waals surface area contributed by atoms with Crippen LogP contribution >= 0.6 is 0 Å². The molecule has 20 heavy (non-hydrogen) atoms. The summed E-state index contributed by atoms with van der Waals surface area (Å²) in [5, 5.41) is 3.39. The van der Waals surface area contributed by atoms with Crippen molar-refractivity contribution in [3.8, 4) is 0 Å². The third-order valence-electron chi connectivity index (χ3n) is 4.08. The van der Waals surface area contributed by atoms with Gasteiger partial charge in [0.25, 0.3) is 0 Å². The molecular formula is C16H26N4. The molecule has 0 atom stereocenters. The Morgan fingerprint density at radius 2 is 1.70 bits per heavy atom. The molecule has 0 amide bonds. The molecule has 1 aromatic heterocycles. The highest BCUT2D eigenvalue weighted by Gasteiger charge is 2.30. The van der Waals surface area contributed by atoms with E-state index in [2.05, 4.69) is 27.1 Å². The number of nitrogens with zero attached hydrogens (tertiary/aromatic N) is 3. The average Bonchev–Trinajstić information content (AvgIpc) is 3.35. The summed E-state index contributed by atoms with van der Waals surface area (Å²) in [4.78, 5) is 11.6. The van der Waals surface area contributed by atoms with Crippen molar-refractivity contribution in [2.75, 3.05) is 24.5 Å². The second-order valence-corrected chi connectivity index (χ2v) is 6.36. The van der Waals surface area contributed by atoms with Crippen molar-refractivity contribution in [1.29, 1.82) is 0 Å². The van der Waals surface area contributed by atoms with Crippen molar-refractivity contribution in [2.24, 2.45) is 11.8 Å². The van der Waals surface area contributed by atoms with Crippen molar-refractivity contribution in [2.45, 2.75) is 45.6 Å². The number of anilines is 1. The van der Waals surface area contributed by atoms with Crippen LogP contribution in [0.25, 0.3) is 0 Å². The molecule has 0 saturated heterocycles. The van der Waals surface area contributed by atoms with E-state index in [1.807, 2.05) is 12.4 Å². The van der Waals surface area contributed by atoms with E-state index in [0.717, 1.165) is 50.4 Å². The van der Waals surface area contributed by atoms with E-state index in [9.17, 15) is 0 Å². The molecule has 1 N–H and O–H groups in total. The fourth-order valence-corrected chi connectivity index (χ4v) is 2.47. The van der Waals surface area contributed by atoms with Gasteiger partial charge in [0.1, 0.15) is 0 Å². The molecular weight excluding hydrogens is 248 g/mol. The Morgan fingerprint density at radius 1 is 1.10 bits per heavy atom. The largest absolute Gasteiger partial charge is 0.340 e. The van der Waals surface area contributed by atoms with E-state index in [0.29, 0.717) is 0 Å². The van der Waals surface area contributed by atoms with Crippen molar-refractivity contribution in [1.82, 2.24) is 15.3 Å². The number of aromatic nitrogens is 2. The molecule has 4 nitrogen and oxygen atoms in total. The highest BCUT2D eigenvalue weighted by molar-refractivity contribution is 5.31. The predicted molar refractivity (Wildman–Crippen MR) is 81.7 cm³/mol. The van der Waals surface area contributed by atoms with Crippen LogP contribution in [0, 0.1) is 11.8 Å². The Labute approximate surface area is 122 Å². The van der Waals surface area contributed by atoms with Crippen LogP contribution in [0.1, 0.15) is 44.6 Å². The minimum atomic E-state index is 0.874. The Hall–Kier alpha value is -1.16. The van der Waals surface area contributed by atoms with E-state index in [1.165, 1.54) is 31.2 Å². The number of nitrogens with one attached hydrogen (secondary N) is 1. The second-order valence-electron chi connectivity index (χ2n) is 6.36. The standard InChI is InChI=1S/C16H26N4/c1-2-7-17-8-15-9-18-16(19-10-15)20(11-13-3-4-13)12-14-5-6-14/h9-10,13-14,17H,2-8,11-12H2,1H3. The van der Waals surface area contributed by atoms with Crippen LogP contribution in [-0.4, -0.2) is 29.6 Å². The van der Waals surface area contributed by atoms with Crippen LogP contribution in [0.15, 0.2) is 12.4 Å². The van der Waals surface area contributed by atoms with Crippen molar-refractivity contribution in [3.05, 3.63) is 18.0 Å². The minimum absolute atomic E-state index is 0.874. The van der Waals surface area contributed by atoms with Gasteiger partial charge in [-0.1, -0.05) is 6.92 Å². The van der Waals surface area contributed by atoms with E-state index in [-0.39, 0.29) is 0 Å². The Morgan fingerprint density at radius 3 is 2.20 bits per heavy atom. The Balaban J connectivity index is 1.57. The first-order chi connectivity index (χ1) is 9.85. The highest BCUT2D eigenvalue weighted by Crippen LogP contribution is 2.34. The summed E-state index contributed by atoms with van der Waals surface area (Å²) in [5.74, 6) is 2.72. The maximum atomic E-state index is 4.59. The van der Waals surface area contributed by atoms with Gasteiger partial charge < -0.3 is 10.2 Å².